The standard InChI is InChI=1S/C22H18N2O3.C21H16N2O3.C20H17N3O.C20H16N2O2.C19H15N3O.C18H14N2OS/c1-3-24-19(18(14-23)17-7-6-16(25-2)13-20(17)24)8-4-15-5-9-21-22(12-15)27-11-10-26-21;1-3-23-18(8-4-14-5-9-20-21(10-14)26-13-25-20)17(12-22)16-7-6-15(24-2)11-19(16)23;1-3-23-19(10-7-14-5-4-6-15(22)11-14)18(13-21)17-9-8-16(24-2)12-20(17)23;1-3-22-19(11-6-14-4-7-15(23)8-5-14)18(13-21)17-10-9-16(24-2)12-20(17)22;1-3-22-18(10-7-14-6-4-5-11-21-14)17(13-20)16-9-8-15(23-2)12-19(16)22;1-3-20-17(7-4-13-8-9-22-12-13)16(11-19)15-6-5-14(21-2)10-18(15)20/h5-7,9,12-13H,3,10-11H2,1-2H3;5-7,9-11H,3,13H2,1-2H3;4-6,8-9,11-12H,3,22H2,1-2H3;4-5,7-10,12,23H,3H2,1-2H3;4-6,8-9,11-12H,3H2,1-2H3;5-6,8-10,12H,3H2,1-2H3. The highest BCUT2D eigenvalue weighted by molar-refractivity contribution is 7.08. The van der Waals surface area contributed by atoms with Crippen molar-refractivity contribution in [3.05, 3.63) is 336 Å². The molecule has 0 amide bonds. The van der Waals surface area contributed by atoms with Crippen molar-refractivity contribution in [1.29, 1.82) is 31.6 Å². The number of rotatable bonds is 12. The number of methoxy groups -OCH3 is 6. The maximum atomic E-state index is 9.71. The summed E-state index contributed by atoms with van der Waals surface area (Å²) in [7, 11) is 9.79. The first-order valence-electron chi connectivity index (χ1n) is 46.5. The number of thiophene rings is 1. The van der Waals surface area contributed by atoms with Crippen molar-refractivity contribution in [1.82, 2.24) is 32.4 Å². The summed E-state index contributed by atoms with van der Waals surface area (Å²) in [5.74, 6) is 45.2. The summed E-state index contributed by atoms with van der Waals surface area (Å²) < 4.78 is 65.9. The van der Waals surface area contributed by atoms with Crippen LogP contribution in [-0.4, -0.2) is 100 Å². The number of nitrogens with zero attached hydrogens (tertiary/aromatic N) is 13. The van der Waals surface area contributed by atoms with E-state index in [9.17, 15) is 36.7 Å². The van der Waals surface area contributed by atoms with Crippen LogP contribution in [0, 0.1) is 139 Å². The predicted molar refractivity (Wildman–Crippen MR) is 567 cm³/mol. The van der Waals surface area contributed by atoms with Crippen LogP contribution in [0.5, 0.6) is 63.2 Å². The molecule has 0 radical (unpaired) electrons. The average Bonchev–Trinajstić information content (AvgIpc) is 1.64. The van der Waals surface area contributed by atoms with Crippen molar-refractivity contribution in [2.24, 2.45) is 0 Å². The van der Waals surface area contributed by atoms with Gasteiger partial charge in [-0.2, -0.15) is 42.9 Å². The second kappa shape index (κ2) is 47.2. The third-order valence-electron chi connectivity index (χ3n) is 24.0. The molecule has 0 spiro atoms. The van der Waals surface area contributed by atoms with Gasteiger partial charge in [0.15, 0.2) is 23.0 Å². The average molecular weight is 1940 g/mol. The molecule has 8 aromatic heterocycles. The van der Waals surface area contributed by atoms with E-state index in [1.165, 1.54) is 0 Å². The van der Waals surface area contributed by atoms with Gasteiger partial charge in [-0.1, -0.05) is 41.7 Å². The molecule has 25 nitrogen and oxygen atoms in total. The number of aromatic hydroxyl groups is 1. The predicted octanol–water partition coefficient (Wildman–Crippen LogP) is 21.9. The Hall–Kier alpha value is -19.8. The third kappa shape index (κ3) is 21.8. The van der Waals surface area contributed by atoms with Gasteiger partial charge in [0.2, 0.25) is 6.79 Å². The molecule has 20 rings (SSSR count). The highest BCUT2D eigenvalue weighted by atomic mass is 32.1. The summed E-state index contributed by atoms with van der Waals surface area (Å²) in [5.41, 5.74) is 24.9. The van der Waals surface area contributed by atoms with E-state index in [0.29, 0.717) is 124 Å². The zero-order chi connectivity index (χ0) is 103. The zero-order valence-electron chi connectivity index (χ0n) is 82.2. The summed E-state index contributed by atoms with van der Waals surface area (Å²) in [6, 6.07) is 80.9. The number of phenols is 1. The maximum Gasteiger partial charge on any atom is 0.231 e. The Morgan fingerprint density at radius 3 is 0.918 bits per heavy atom. The van der Waals surface area contributed by atoms with Crippen molar-refractivity contribution in [3.8, 4) is 171 Å². The lowest BCUT2D eigenvalue weighted by molar-refractivity contribution is 0.171. The highest BCUT2D eigenvalue weighted by Gasteiger charge is 2.24. The first kappa shape index (κ1) is 101. The Bertz CT molecular complexity index is 8740. The number of nitriles is 6. The van der Waals surface area contributed by atoms with Crippen LogP contribution in [0.3, 0.4) is 0 Å². The molecule has 0 saturated carbocycles. The van der Waals surface area contributed by atoms with Crippen LogP contribution >= 0.6 is 11.3 Å². The Balaban J connectivity index is 0.000000132. The molecule has 0 fully saturated rings. The third-order valence-corrected chi connectivity index (χ3v) is 24.7. The van der Waals surface area contributed by atoms with E-state index < -0.39 is 0 Å². The molecule has 10 heterocycles. The zero-order valence-corrected chi connectivity index (χ0v) is 83.0. The van der Waals surface area contributed by atoms with Gasteiger partial charge >= 0.3 is 0 Å². The van der Waals surface area contributed by atoms with Crippen molar-refractivity contribution >= 4 is 82.4 Å². The number of aryl methyl sites for hydroxylation is 6. The molecule has 0 atom stereocenters. The lowest BCUT2D eigenvalue weighted by atomic mass is 10.1. The summed E-state index contributed by atoms with van der Waals surface area (Å²) >= 11 is 1.61. The van der Waals surface area contributed by atoms with E-state index in [-0.39, 0.29) is 12.5 Å². The second-order valence-electron chi connectivity index (χ2n) is 32.1. The molecular formula is C120H96N14O11S. The largest absolute Gasteiger partial charge is 0.508 e. The van der Waals surface area contributed by atoms with Gasteiger partial charge in [0.05, 0.1) is 109 Å². The number of benzene rings is 10. The molecule has 718 valence electrons. The fraction of sp³-hybridized carbons (Fsp3) is 0.175. The van der Waals surface area contributed by atoms with Crippen molar-refractivity contribution < 1.29 is 52.5 Å². The highest BCUT2D eigenvalue weighted by Crippen LogP contribution is 2.39. The second-order valence-corrected chi connectivity index (χ2v) is 32.9. The number of anilines is 1. The molecule has 0 bridgehead atoms. The SMILES string of the molecule is CCn1c(C#Cc2ccc(O)cc2)c(C#N)c2ccc(OC)cc21.CCn1c(C#Cc2ccc3c(c2)OCCO3)c(C#N)c2ccc(OC)cc21.CCn1c(C#Cc2ccc3c(c2)OCO3)c(C#N)c2ccc(OC)cc21.CCn1c(C#Cc2cccc(N)c2)c(C#N)c2ccc(OC)cc21.CCn1c(C#Cc2ccccn2)c(C#N)c2ccc(OC)cc21.CCn1c(C#Cc2ccsc2)c(C#N)c2ccc(OC)cc21. The number of ether oxygens (including phenoxy) is 10. The van der Waals surface area contributed by atoms with Gasteiger partial charge in [0, 0.05) is 153 Å². The van der Waals surface area contributed by atoms with E-state index in [0.717, 1.165) is 158 Å². The van der Waals surface area contributed by atoms with Crippen LogP contribution in [-0.2, 0) is 39.3 Å². The number of fused-ring (bicyclic) bond motifs is 8. The Kier molecular flexibility index (Phi) is 32.6. The fourth-order valence-electron chi connectivity index (χ4n) is 17.0. The van der Waals surface area contributed by atoms with E-state index in [1.54, 1.807) is 84.5 Å². The lowest BCUT2D eigenvalue weighted by Gasteiger charge is -2.17. The van der Waals surface area contributed by atoms with Crippen LogP contribution in [0.2, 0.25) is 0 Å². The van der Waals surface area contributed by atoms with Crippen LogP contribution in [0.4, 0.5) is 5.69 Å². The Labute approximate surface area is 849 Å². The number of phenolic OH excluding ortho intramolecular Hbond substituents is 1. The minimum atomic E-state index is 0.202. The van der Waals surface area contributed by atoms with Crippen molar-refractivity contribution in [3.63, 3.8) is 0 Å². The van der Waals surface area contributed by atoms with Gasteiger partial charge in [0.25, 0.3) is 0 Å². The number of hydrogen-bond donors (Lipinski definition) is 2. The molecule has 10 aromatic carbocycles. The number of hydrogen-bond acceptors (Lipinski definition) is 20. The maximum absolute atomic E-state index is 9.71. The fourth-order valence-corrected chi connectivity index (χ4v) is 17.6. The summed E-state index contributed by atoms with van der Waals surface area (Å²) in [6.07, 6.45) is 1.70. The van der Waals surface area contributed by atoms with E-state index >= 15 is 0 Å². The van der Waals surface area contributed by atoms with Gasteiger partial charge in [-0.05, 0) is 258 Å². The minimum Gasteiger partial charge on any atom is -0.508 e. The number of nitrogen functional groups attached to an aromatic ring is 1. The van der Waals surface area contributed by atoms with Crippen LogP contribution in [0.15, 0.2) is 235 Å². The molecule has 3 N–H and O–H groups in total. The van der Waals surface area contributed by atoms with Crippen LogP contribution < -0.4 is 53.1 Å². The molecule has 146 heavy (non-hydrogen) atoms. The van der Waals surface area contributed by atoms with Crippen molar-refractivity contribution in [2.45, 2.75) is 80.8 Å². The van der Waals surface area contributed by atoms with Gasteiger partial charge in [-0.25, -0.2) is 4.98 Å². The molecule has 2 aliphatic heterocycles. The minimum absolute atomic E-state index is 0.202. The number of pyridine rings is 1. The van der Waals surface area contributed by atoms with E-state index in [1.807, 2.05) is 262 Å². The topological polar surface area (TPSA) is 324 Å². The Morgan fingerprint density at radius 2 is 0.610 bits per heavy atom. The smallest absolute Gasteiger partial charge is 0.231 e. The molecule has 0 saturated heterocycles. The molecule has 2 aliphatic rings. The Morgan fingerprint density at radius 1 is 0.308 bits per heavy atom. The molecular weight excluding hydrogens is 1850 g/mol. The summed E-state index contributed by atoms with van der Waals surface area (Å²) in [4.78, 5) is 4.20. The van der Waals surface area contributed by atoms with Crippen LogP contribution in [0.25, 0.3) is 65.4 Å². The first-order chi connectivity index (χ1) is 71.4. The molecule has 0 unspecified atom stereocenters. The quantitative estimate of drug-likeness (QED) is 0.0847. The summed E-state index contributed by atoms with van der Waals surface area (Å²) in [6.45, 7) is 17.8. The monoisotopic (exact) mass is 1940 g/mol. The molecule has 0 aliphatic carbocycles. The van der Waals surface area contributed by atoms with Gasteiger partial charge in [0.1, 0.15) is 130 Å². The van der Waals surface area contributed by atoms with Gasteiger partial charge < -0.3 is 85.6 Å². The number of aromatic nitrogens is 7. The van der Waals surface area contributed by atoms with Gasteiger partial charge in [-0.15, -0.1) is 0 Å². The molecule has 26 heteroatoms. The van der Waals surface area contributed by atoms with Gasteiger partial charge in [-0.3, -0.25) is 0 Å². The molecule has 18 aromatic rings. The lowest BCUT2D eigenvalue weighted by Crippen LogP contribution is -2.15. The van der Waals surface area contributed by atoms with Crippen LogP contribution in [0.1, 0.15) is 143 Å². The van der Waals surface area contributed by atoms with E-state index in [4.69, 9.17) is 53.1 Å². The first-order valence-corrected chi connectivity index (χ1v) is 47.5. The summed E-state index contributed by atoms with van der Waals surface area (Å²) in [5, 5.41) is 76.4. The van der Waals surface area contributed by atoms with Crippen molar-refractivity contribution in [2.75, 3.05) is 68.4 Å². The van der Waals surface area contributed by atoms with E-state index in [2.05, 4.69) is 124 Å². The normalized spacial score (nSPS) is 10.7. The number of nitrogens with two attached hydrogens (primary N) is 1.